The molecule has 0 fully saturated rings. The summed E-state index contributed by atoms with van der Waals surface area (Å²) in [6.07, 6.45) is 0.538. The van der Waals surface area contributed by atoms with Crippen molar-refractivity contribution in [2.75, 3.05) is 31.3 Å². The minimum absolute atomic E-state index is 0.133. The van der Waals surface area contributed by atoms with Crippen LogP contribution < -0.4 is 15.4 Å². The van der Waals surface area contributed by atoms with Crippen LogP contribution in [0.15, 0.2) is 12.1 Å². The molecule has 0 saturated heterocycles. The molecule has 0 spiro atoms. The number of nitrogens with two attached hydrogens (primary N) is 1. The van der Waals surface area contributed by atoms with Crippen molar-refractivity contribution in [3.63, 3.8) is 0 Å². The maximum Gasteiger partial charge on any atom is 0.166 e. The number of fused-ring (bicyclic) bond motifs is 1. The molecule has 1 aliphatic heterocycles. The van der Waals surface area contributed by atoms with Gasteiger partial charge < -0.3 is 15.4 Å². The second-order valence-electron chi connectivity index (χ2n) is 3.71. The number of ether oxygens (including phenoxy) is 1. The highest BCUT2D eigenvalue weighted by Gasteiger charge is 2.23. The Morgan fingerprint density at radius 2 is 2.20 bits per heavy atom. The Hall–Kier alpha value is -1.71. The molecule has 2 N–H and O–H groups in total. The van der Waals surface area contributed by atoms with Crippen LogP contribution >= 0.6 is 0 Å². The van der Waals surface area contributed by atoms with Gasteiger partial charge in [-0.25, -0.2) is 0 Å². The van der Waals surface area contributed by atoms with E-state index in [1.54, 1.807) is 19.2 Å². The third kappa shape index (κ3) is 1.52. The monoisotopic (exact) mass is 206 g/mol. The standard InChI is InChI=1S/C11H14N2O2/c1-13-4-3-10(14)8-5-7(15-2)6-9(12)11(8)13/h5-6H,3-4,12H2,1-2H3. The van der Waals surface area contributed by atoms with Crippen LogP contribution in [-0.2, 0) is 0 Å². The Kier molecular flexibility index (Phi) is 2.26. The van der Waals surface area contributed by atoms with Crippen molar-refractivity contribution in [2.45, 2.75) is 6.42 Å². The number of rotatable bonds is 1. The lowest BCUT2D eigenvalue weighted by Gasteiger charge is -2.28. The summed E-state index contributed by atoms with van der Waals surface area (Å²) in [5.41, 5.74) is 7.99. The van der Waals surface area contributed by atoms with Crippen molar-refractivity contribution < 1.29 is 9.53 Å². The fraction of sp³-hybridized carbons (Fsp3) is 0.364. The van der Waals surface area contributed by atoms with Crippen LogP contribution in [0.2, 0.25) is 0 Å². The number of Topliss-reactive ketones (excluding diaryl/α,β-unsaturated/α-hetero) is 1. The van der Waals surface area contributed by atoms with E-state index in [0.717, 1.165) is 12.2 Å². The largest absolute Gasteiger partial charge is 0.497 e. The van der Waals surface area contributed by atoms with E-state index < -0.39 is 0 Å². The maximum absolute atomic E-state index is 11.7. The van der Waals surface area contributed by atoms with Crippen molar-refractivity contribution in [2.24, 2.45) is 0 Å². The molecular weight excluding hydrogens is 192 g/mol. The summed E-state index contributed by atoms with van der Waals surface area (Å²) in [5.74, 6) is 0.767. The first-order chi connectivity index (χ1) is 7.13. The molecule has 4 heteroatoms. The SMILES string of the molecule is COc1cc(N)c2c(c1)C(=O)CCN2C. The summed E-state index contributed by atoms with van der Waals surface area (Å²) in [7, 11) is 3.51. The van der Waals surface area contributed by atoms with E-state index in [1.807, 2.05) is 11.9 Å². The molecule has 15 heavy (non-hydrogen) atoms. The number of benzene rings is 1. The zero-order valence-electron chi connectivity index (χ0n) is 8.91. The molecule has 0 aromatic heterocycles. The second-order valence-corrected chi connectivity index (χ2v) is 3.71. The van der Waals surface area contributed by atoms with Gasteiger partial charge in [0.2, 0.25) is 0 Å². The summed E-state index contributed by atoms with van der Waals surface area (Å²) < 4.78 is 5.09. The fourth-order valence-corrected chi connectivity index (χ4v) is 1.90. The van der Waals surface area contributed by atoms with Gasteiger partial charge in [0.15, 0.2) is 5.78 Å². The van der Waals surface area contributed by atoms with Gasteiger partial charge in [-0.1, -0.05) is 0 Å². The third-order valence-corrected chi connectivity index (χ3v) is 2.71. The third-order valence-electron chi connectivity index (χ3n) is 2.71. The first-order valence-electron chi connectivity index (χ1n) is 4.85. The summed E-state index contributed by atoms with van der Waals surface area (Å²) in [4.78, 5) is 13.7. The topological polar surface area (TPSA) is 55.6 Å². The molecule has 0 radical (unpaired) electrons. The van der Waals surface area contributed by atoms with E-state index in [1.165, 1.54) is 0 Å². The van der Waals surface area contributed by atoms with E-state index in [9.17, 15) is 4.79 Å². The van der Waals surface area contributed by atoms with Gasteiger partial charge in [0.1, 0.15) is 5.75 Å². The molecule has 0 aliphatic carbocycles. The van der Waals surface area contributed by atoms with Crippen LogP contribution in [0.5, 0.6) is 5.75 Å². The van der Waals surface area contributed by atoms with Gasteiger partial charge in [-0.05, 0) is 6.07 Å². The van der Waals surface area contributed by atoms with Gasteiger partial charge in [0.05, 0.1) is 18.5 Å². The number of methoxy groups -OCH3 is 1. The highest BCUT2D eigenvalue weighted by Crippen LogP contribution is 2.35. The Balaban J connectivity index is 2.61. The molecule has 0 unspecified atom stereocenters. The Bertz CT molecular complexity index is 415. The minimum atomic E-state index is 0.133. The van der Waals surface area contributed by atoms with Crippen molar-refractivity contribution >= 4 is 17.2 Å². The zero-order valence-corrected chi connectivity index (χ0v) is 8.91. The number of carbonyl (C=O) groups excluding carboxylic acids is 1. The smallest absolute Gasteiger partial charge is 0.166 e. The predicted molar refractivity (Wildman–Crippen MR) is 59.6 cm³/mol. The molecule has 0 amide bonds. The van der Waals surface area contributed by atoms with Crippen LogP contribution in [0.4, 0.5) is 11.4 Å². The Labute approximate surface area is 88.6 Å². The molecule has 1 aliphatic rings. The molecule has 1 aromatic carbocycles. The average molecular weight is 206 g/mol. The lowest BCUT2D eigenvalue weighted by Crippen LogP contribution is -2.29. The molecule has 1 heterocycles. The van der Waals surface area contributed by atoms with Gasteiger partial charge in [-0.15, -0.1) is 0 Å². The van der Waals surface area contributed by atoms with Crippen LogP contribution in [0.3, 0.4) is 0 Å². The molecule has 0 saturated carbocycles. The molecular formula is C11H14N2O2. The Morgan fingerprint density at radius 3 is 2.87 bits per heavy atom. The number of anilines is 2. The van der Waals surface area contributed by atoms with Crippen molar-refractivity contribution in [1.29, 1.82) is 0 Å². The second kappa shape index (κ2) is 3.46. The molecule has 2 rings (SSSR count). The van der Waals surface area contributed by atoms with Gasteiger partial charge in [-0.3, -0.25) is 4.79 Å². The van der Waals surface area contributed by atoms with Crippen molar-refractivity contribution in [3.05, 3.63) is 17.7 Å². The number of nitrogen functional groups attached to an aromatic ring is 1. The number of hydrogen-bond donors (Lipinski definition) is 1. The van der Waals surface area contributed by atoms with E-state index in [0.29, 0.717) is 23.4 Å². The summed E-state index contributed by atoms with van der Waals surface area (Å²) in [6, 6.07) is 3.50. The number of hydrogen-bond acceptors (Lipinski definition) is 4. The number of nitrogens with zero attached hydrogens (tertiary/aromatic N) is 1. The zero-order chi connectivity index (χ0) is 11.0. The quantitative estimate of drug-likeness (QED) is 0.704. The number of carbonyl (C=O) groups is 1. The average Bonchev–Trinajstić information content (AvgIpc) is 2.23. The van der Waals surface area contributed by atoms with Gasteiger partial charge in [0.25, 0.3) is 0 Å². The van der Waals surface area contributed by atoms with Gasteiger partial charge >= 0.3 is 0 Å². The lowest BCUT2D eigenvalue weighted by atomic mass is 9.99. The lowest BCUT2D eigenvalue weighted by molar-refractivity contribution is 0.0980. The predicted octanol–water partition coefficient (Wildman–Crippen LogP) is 1.30. The molecule has 80 valence electrons. The first-order valence-corrected chi connectivity index (χ1v) is 4.85. The normalized spacial score (nSPS) is 15.1. The van der Waals surface area contributed by atoms with E-state index in [2.05, 4.69) is 0 Å². The summed E-state index contributed by atoms with van der Waals surface area (Å²) in [5, 5.41) is 0. The summed E-state index contributed by atoms with van der Waals surface area (Å²) in [6.45, 7) is 0.725. The fourth-order valence-electron chi connectivity index (χ4n) is 1.90. The van der Waals surface area contributed by atoms with Crippen LogP contribution in [0.1, 0.15) is 16.8 Å². The molecule has 4 nitrogen and oxygen atoms in total. The van der Waals surface area contributed by atoms with Gasteiger partial charge in [-0.2, -0.15) is 0 Å². The highest BCUT2D eigenvalue weighted by molar-refractivity contribution is 6.06. The summed E-state index contributed by atoms with van der Waals surface area (Å²) >= 11 is 0. The Morgan fingerprint density at radius 1 is 1.47 bits per heavy atom. The van der Waals surface area contributed by atoms with Crippen molar-refractivity contribution in [3.8, 4) is 5.75 Å². The van der Waals surface area contributed by atoms with Crippen LogP contribution in [0.25, 0.3) is 0 Å². The maximum atomic E-state index is 11.7. The first kappa shape index (κ1) is 9.83. The highest BCUT2D eigenvalue weighted by atomic mass is 16.5. The van der Waals surface area contributed by atoms with E-state index >= 15 is 0 Å². The van der Waals surface area contributed by atoms with E-state index in [-0.39, 0.29) is 5.78 Å². The number of ketones is 1. The van der Waals surface area contributed by atoms with E-state index in [4.69, 9.17) is 10.5 Å². The van der Waals surface area contributed by atoms with Crippen molar-refractivity contribution in [1.82, 2.24) is 0 Å². The molecule has 0 bridgehead atoms. The van der Waals surface area contributed by atoms with Gasteiger partial charge in [0, 0.05) is 31.6 Å². The molecule has 0 atom stereocenters. The van der Waals surface area contributed by atoms with Crippen LogP contribution in [-0.4, -0.2) is 26.5 Å². The molecule has 1 aromatic rings. The minimum Gasteiger partial charge on any atom is -0.497 e. The van der Waals surface area contributed by atoms with Crippen LogP contribution in [0, 0.1) is 0 Å².